The maximum atomic E-state index is 13.0. The number of nitrogens with zero attached hydrogens (tertiary/aromatic N) is 2. The highest BCUT2D eigenvalue weighted by atomic mass is 79.9. The topological polar surface area (TPSA) is 102 Å². The number of nitrogens with two attached hydrogens (primary N) is 1. The van der Waals surface area contributed by atoms with Gasteiger partial charge in [0.25, 0.3) is 0 Å². The lowest BCUT2D eigenvalue weighted by atomic mass is 9.93. The quantitative estimate of drug-likeness (QED) is 0.105. The Morgan fingerprint density at radius 3 is 2.26 bits per heavy atom. The van der Waals surface area contributed by atoms with Gasteiger partial charge in [0.05, 0.1) is 17.2 Å². The van der Waals surface area contributed by atoms with E-state index >= 15 is 0 Å². The van der Waals surface area contributed by atoms with Gasteiger partial charge >= 0.3 is 11.9 Å². The highest BCUT2D eigenvalue weighted by Gasteiger charge is 2.23. The van der Waals surface area contributed by atoms with Crippen molar-refractivity contribution in [2.45, 2.75) is 64.5 Å². The van der Waals surface area contributed by atoms with Crippen molar-refractivity contribution in [2.24, 2.45) is 0 Å². The van der Waals surface area contributed by atoms with Gasteiger partial charge in [-0.25, -0.2) is 4.79 Å². The van der Waals surface area contributed by atoms with Crippen molar-refractivity contribution < 1.29 is 23.9 Å². The van der Waals surface area contributed by atoms with Crippen molar-refractivity contribution in [2.75, 3.05) is 45.6 Å². The van der Waals surface area contributed by atoms with Crippen LogP contribution in [0.3, 0.4) is 0 Å². The lowest BCUT2D eigenvalue weighted by Gasteiger charge is -2.34. The molecule has 0 aromatic heterocycles. The summed E-state index contributed by atoms with van der Waals surface area (Å²) in [6, 6.07) is 20.3. The largest absolute Gasteiger partial charge is 0.464 e. The molecule has 4 rings (SSSR count). The molecule has 0 spiro atoms. The zero-order chi connectivity index (χ0) is 33.1. The van der Waals surface area contributed by atoms with Crippen LogP contribution in [0, 0.1) is 0 Å². The number of nitrogen functional groups attached to an aromatic ring is 1. The Hall–Kier alpha value is -3.53. The third kappa shape index (κ3) is 9.74. The number of halogens is 1. The van der Waals surface area contributed by atoms with Crippen LogP contribution in [-0.4, -0.2) is 73.5 Å². The second kappa shape index (κ2) is 17.4. The van der Waals surface area contributed by atoms with Gasteiger partial charge in [0.2, 0.25) is 0 Å². The first kappa shape index (κ1) is 35.3. The van der Waals surface area contributed by atoms with E-state index in [1.165, 1.54) is 32.1 Å². The van der Waals surface area contributed by atoms with E-state index in [1.54, 1.807) is 43.3 Å². The molecule has 0 radical (unpaired) electrons. The fraction of sp³-hybridized carbons (Fsp3) is 0.432. The minimum absolute atomic E-state index is 0.0902. The van der Waals surface area contributed by atoms with Crippen LogP contribution in [-0.2, 0) is 20.8 Å². The second-order valence-corrected chi connectivity index (χ2v) is 12.9. The number of benzene rings is 3. The fourth-order valence-electron chi connectivity index (χ4n) is 5.85. The Bertz CT molecular complexity index is 1480. The van der Waals surface area contributed by atoms with E-state index < -0.39 is 11.9 Å². The smallest absolute Gasteiger partial charge is 0.338 e. The molecular formula is C37H46BrN3O5. The molecule has 0 bridgehead atoms. The normalized spacial score (nSPS) is 14.3. The predicted octanol–water partition coefficient (Wildman–Crippen LogP) is 6.85. The standard InChI is InChI=1S/C37H46BrN3O5/c1-4-41(32-16-9-6-10-17-32)25-31-23-30(24-33(38)34(31)39)37(44)46-21-19-40(3)18-20-45-36(43)26(2)28-14-11-15-29(22-28)35(42)27-12-7-5-8-13-27/h5,7-8,11-15,22-24,26,32H,4,6,9-10,16-21,25,39H2,1-3H3. The molecule has 1 fully saturated rings. The third-order valence-electron chi connectivity index (χ3n) is 8.78. The Kier molecular flexibility index (Phi) is 13.4. The summed E-state index contributed by atoms with van der Waals surface area (Å²) in [4.78, 5) is 43.0. The monoisotopic (exact) mass is 691 g/mol. The summed E-state index contributed by atoms with van der Waals surface area (Å²) in [6.07, 6.45) is 6.23. The number of hydrogen-bond acceptors (Lipinski definition) is 8. The molecule has 3 aromatic carbocycles. The number of rotatable bonds is 15. The van der Waals surface area contributed by atoms with Crippen LogP contribution < -0.4 is 5.73 Å². The van der Waals surface area contributed by atoms with Crippen molar-refractivity contribution in [3.63, 3.8) is 0 Å². The molecule has 46 heavy (non-hydrogen) atoms. The maximum Gasteiger partial charge on any atom is 0.338 e. The first-order valence-corrected chi connectivity index (χ1v) is 17.0. The van der Waals surface area contributed by atoms with Gasteiger partial charge in [-0.3, -0.25) is 19.4 Å². The number of ether oxygens (including phenoxy) is 2. The van der Waals surface area contributed by atoms with E-state index in [4.69, 9.17) is 15.2 Å². The minimum atomic E-state index is -0.522. The molecule has 9 heteroatoms. The predicted molar refractivity (Wildman–Crippen MR) is 185 cm³/mol. The average molecular weight is 693 g/mol. The lowest BCUT2D eigenvalue weighted by molar-refractivity contribution is -0.145. The molecule has 8 nitrogen and oxygen atoms in total. The van der Waals surface area contributed by atoms with Gasteiger partial charge in [-0.2, -0.15) is 0 Å². The van der Waals surface area contributed by atoms with Gasteiger partial charge in [-0.05, 0) is 78.6 Å². The maximum absolute atomic E-state index is 13.0. The highest BCUT2D eigenvalue weighted by molar-refractivity contribution is 9.10. The number of anilines is 1. The van der Waals surface area contributed by atoms with Gasteiger partial charge in [0, 0.05) is 41.3 Å². The number of esters is 2. The van der Waals surface area contributed by atoms with E-state index in [2.05, 4.69) is 27.8 Å². The molecule has 0 saturated heterocycles. The molecule has 0 heterocycles. The minimum Gasteiger partial charge on any atom is -0.464 e. The molecule has 3 aromatic rings. The first-order chi connectivity index (χ1) is 22.2. The molecule has 246 valence electrons. The second-order valence-electron chi connectivity index (χ2n) is 12.0. The van der Waals surface area contributed by atoms with Crippen LogP contribution in [0.4, 0.5) is 5.69 Å². The number of likely N-dealkylation sites (N-methyl/N-ethyl adjacent to an activating group) is 1. The van der Waals surface area contributed by atoms with E-state index in [1.807, 2.05) is 42.3 Å². The van der Waals surface area contributed by atoms with Crippen LogP contribution in [0.2, 0.25) is 0 Å². The van der Waals surface area contributed by atoms with Gasteiger partial charge in [0.1, 0.15) is 13.2 Å². The van der Waals surface area contributed by atoms with Gasteiger partial charge in [0.15, 0.2) is 5.78 Å². The molecular weight excluding hydrogens is 646 g/mol. The van der Waals surface area contributed by atoms with Crippen LogP contribution >= 0.6 is 15.9 Å². The van der Waals surface area contributed by atoms with Crippen LogP contribution in [0.15, 0.2) is 71.2 Å². The Labute approximate surface area is 281 Å². The van der Waals surface area contributed by atoms with Crippen molar-refractivity contribution in [1.29, 1.82) is 0 Å². The molecule has 1 unspecified atom stereocenters. The number of ketones is 1. The number of carbonyl (C=O) groups excluding carboxylic acids is 3. The van der Waals surface area contributed by atoms with Gasteiger partial charge < -0.3 is 15.2 Å². The molecule has 2 N–H and O–H groups in total. The molecule has 1 aliphatic rings. The summed E-state index contributed by atoms with van der Waals surface area (Å²) in [5.74, 6) is -1.37. The van der Waals surface area contributed by atoms with Crippen LogP contribution in [0.25, 0.3) is 0 Å². The van der Waals surface area contributed by atoms with E-state index in [-0.39, 0.29) is 25.0 Å². The molecule has 0 aliphatic heterocycles. The summed E-state index contributed by atoms with van der Waals surface area (Å²) < 4.78 is 11.8. The van der Waals surface area contributed by atoms with Gasteiger partial charge in [-0.1, -0.05) is 74.7 Å². The van der Waals surface area contributed by atoms with E-state index in [0.717, 1.165) is 17.7 Å². The summed E-state index contributed by atoms with van der Waals surface area (Å²) in [5.41, 5.74) is 10.3. The molecule has 0 amide bonds. The van der Waals surface area contributed by atoms with Crippen molar-refractivity contribution in [1.82, 2.24) is 9.80 Å². The highest BCUT2D eigenvalue weighted by Crippen LogP contribution is 2.30. The Balaban J connectivity index is 1.22. The summed E-state index contributed by atoms with van der Waals surface area (Å²) >= 11 is 3.53. The summed E-state index contributed by atoms with van der Waals surface area (Å²) in [7, 11) is 1.88. The third-order valence-corrected chi connectivity index (χ3v) is 9.44. The van der Waals surface area contributed by atoms with Crippen molar-refractivity contribution in [3.8, 4) is 0 Å². The molecule has 1 atom stereocenters. The van der Waals surface area contributed by atoms with Crippen molar-refractivity contribution in [3.05, 3.63) is 99.0 Å². The lowest BCUT2D eigenvalue weighted by Crippen LogP contribution is -2.36. The Morgan fingerprint density at radius 1 is 0.891 bits per heavy atom. The Morgan fingerprint density at radius 2 is 1.57 bits per heavy atom. The first-order valence-electron chi connectivity index (χ1n) is 16.2. The van der Waals surface area contributed by atoms with E-state index in [0.29, 0.717) is 52.5 Å². The molecule has 1 saturated carbocycles. The van der Waals surface area contributed by atoms with Crippen LogP contribution in [0.1, 0.15) is 89.3 Å². The SMILES string of the molecule is CCN(Cc1cc(C(=O)OCCN(C)CCOC(=O)C(C)c2cccc(C(=O)c3ccccc3)c2)cc(Br)c1N)C1CCCCC1. The van der Waals surface area contributed by atoms with Gasteiger partial charge in [-0.15, -0.1) is 0 Å². The van der Waals surface area contributed by atoms with Crippen LogP contribution in [0.5, 0.6) is 0 Å². The summed E-state index contributed by atoms with van der Waals surface area (Å²) in [6.45, 7) is 6.93. The number of hydrogen-bond donors (Lipinski definition) is 1. The summed E-state index contributed by atoms with van der Waals surface area (Å²) in [5, 5.41) is 0. The number of carbonyl (C=O) groups is 3. The molecule has 1 aliphatic carbocycles. The average Bonchev–Trinajstić information content (AvgIpc) is 3.08. The fourth-order valence-corrected chi connectivity index (χ4v) is 6.35. The van der Waals surface area contributed by atoms with E-state index in [9.17, 15) is 14.4 Å². The van der Waals surface area contributed by atoms with Crippen molar-refractivity contribution >= 4 is 39.3 Å². The zero-order valence-electron chi connectivity index (χ0n) is 27.2. The zero-order valence-corrected chi connectivity index (χ0v) is 28.8.